The summed E-state index contributed by atoms with van der Waals surface area (Å²) in [5.74, 6) is 1.88. The van der Waals surface area contributed by atoms with Crippen LogP contribution in [-0.4, -0.2) is 9.97 Å². The molecule has 0 spiro atoms. The smallest absolute Gasteiger partial charge is 0.155 e. The maximum Gasteiger partial charge on any atom is 0.155 e. The van der Waals surface area contributed by atoms with Crippen LogP contribution in [0.2, 0.25) is 0 Å². The lowest BCUT2D eigenvalue weighted by Crippen LogP contribution is -2.32. The summed E-state index contributed by atoms with van der Waals surface area (Å²) >= 11 is 0. The molecule has 0 amide bonds. The van der Waals surface area contributed by atoms with Gasteiger partial charge in [-0.2, -0.15) is 0 Å². The van der Waals surface area contributed by atoms with E-state index >= 15 is 0 Å². The summed E-state index contributed by atoms with van der Waals surface area (Å²) in [6.07, 6.45) is 17.3. The van der Waals surface area contributed by atoms with E-state index in [1.807, 2.05) is 31.2 Å². The molecule has 3 aromatic carbocycles. The lowest BCUT2D eigenvalue weighted by Gasteiger charge is -2.37. The maximum atomic E-state index is 5.26. The molecule has 6 rings (SSSR count). The first kappa shape index (κ1) is 34.8. The number of anilines is 1. The summed E-state index contributed by atoms with van der Waals surface area (Å²) < 4.78 is 0. The molecule has 50 heavy (non-hydrogen) atoms. The first-order valence-corrected chi connectivity index (χ1v) is 18.0. The summed E-state index contributed by atoms with van der Waals surface area (Å²) in [4.78, 5) is 13.0. The maximum absolute atomic E-state index is 5.26. The van der Waals surface area contributed by atoms with E-state index in [1.54, 1.807) is 0 Å². The van der Waals surface area contributed by atoms with Crippen LogP contribution in [0.15, 0.2) is 140 Å². The second-order valence-electron chi connectivity index (χ2n) is 14.3. The highest BCUT2D eigenvalue weighted by molar-refractivity contribution is 5.80. The highest BCUT2D eigenvalue weighted by Gasteiger charge is 2.51. The topological polar surface area (TPSA) is 29.0 Å². The van der Waals surface area contributed by atoms with E-state index in [0.717, 1.165) is 39.5 Å². The van der Waals surface area contributed by atoms with E-state index < -0.39 is 0 Å². The third kappa shape index (κ3) is 6.62. The van der Waals surface area contributed by atoms with Gasteiger partial charge in [0.15, 0.2) is 5.82 Å². The van der Waals surface area contributed by atoms with Crippen LogP contribution in [0.3, 0.4) is 0 Å². The minimum absolute atomic E-state index is 0.00654. The molecule has 4 unspecified atom stereocenters. The Balaban J connectivity index is 1.48. The van der Waals surface area contributed by atoms with Crippen molar-refractivity contribution in [3.05, 3.63) is 180 Å². The van der Waals surface area contributed by atoms with Crippen LogP contribution < -0.4 is 4.90 Å². The molecule has 2 aliphatic rings. The molecule has 1 aliphatic carbocycles. The zero-order valence-corrected chi connectivity index (χ0v) is 30.8. The number of allylic oxidation sites excluding steroid dienone is 11. The Hall–Kier alpha value is -5.02. The molecule has 3 heteroatoms. The number of hydrogen-bond acceptors (Lipinski definition) is 3. The molecule has 4 aromatic rings. The zero-order valence-electron chi connectivity index (χ0n) is 30.8. The Morgan fingerprint density at radius 2 is 1.56 bits per heavy atom. The van der Waals surface area contributed by atoms with Crippen molar-refractivity contribution in [2.45, 2.75) is 72.4 Å². The fraction of sp³-hybridized carbons (Fsp3) is 0.277. The summed E-state index contributed by atoms with van der Waals surface area (Å²) in [6.45, 7) is 20.7. The fourth-order valence-corrected chi connectivity index (χ4v) is 8.06. The Kier molecular flexibility index (Phi) is 10.3. The molecule has 2 heterocycles. The van der Waals surface area contributed by atoms with Gasteiger partial charge in [-0.15, -0.1) is 0 Å². The lowest BCUT2D eigenvalue weighted by atomic mass is 9.67. The van der Waals surface area contributed by atoms with Gasteiger partial charge in [0.25, 0.3) is 0 Å². The van der Waals surface area contributed by atoms with Crippen molar-refractivity contribution in [1.29, 1.82) is 0 Å². The molecule has 1 aromatic heterocycles. The summed E-state index contributed by atoms with van der Waals surface area (Å²) in [7, 11) is 0. The number of rotatable bonds is 9. The quantitative estimate of drug-likeness (QED) is 0.132. The van der Waals surface area contributed by atoms with Crippen LogP contribution in [0, 0.1) is 11.8 Å². The predicted octanol–water partition coefficient (Wildman–Crippen LogP) is 12.1. The van der Waals surface area contributed by atoms with Crippen molar-refractivity contribution >= 4 is 22.4 Å². The summed E-state index contributed by atoms with van der Waals surface area (Å²) in [5.41, 5.74) is 11.6. The van der Waals surface area contributed by atoms with E-state index in [2.05, 4.69) is 162 Å². The second kappa shape index (κ2) is 14.8. The molecular formula is C47H51N3. The first-order valence-electron chi connectivity index (χ1n) is 18.0. The van der Waals surface area contributed by atoms with E-state index in [-0.39, 0.29) is 11.5 Å². The number of aromatic nitrogens is 2. The summed E-state index contributed by atoms with van der Waals surface area (Å²) in [6, 6.07) is 30.9. The highest BCUT2D eigenvalue weighted by Crippen LogP contribution is 2.60. The minimum atomic E-state index is 0.00654. The van der Waals surface area contributed by atoms with Gasteiger partial charge in [0.05, 0.1) is 24.0 Å². The standard InChI is InChI=1S/C47H51N3/c1-9-12-21-33(5)46-48-37(30-42(49-46)35(11-3)29-28-32(4)36-22-14-13-15-23-36)31-50-43-27-19-17-25-40(43)44-38(20-10-2)34(6)47(7,8)41-26-18-16-24-39(41)45(44)50/h9-30,34,38,44-45H,4,31H2,1-3,5-8H3/b12-9-,20-10-,29-28-,33-21+,35-11+. The van der Waals surface area contributed by atoms with E-state index in [1.165, 1.54) is 22.4 Å². The third-order valence-corrected chi connectivity index (χ3v) is 11.0. The zero-order chi connectivity index (χ0) is 35.4. The number of nitrogens with zero attached hydrogens (tertiary/aromatic N) is 3. The number of para-hydroxylation sites is 1. The van der Waals surface area contributed by atoms with Gasteiger partial charge in [-0.25, -0.2) is 9.97 Å². The number of hydrogen-bond donors (Lipinski definition) is 0. The fourth-order valence-electron chi connectivity index (χ4n) is 8.06. The molecule has 0 fully saturated rings. The minimum Gasteiger partial charge on any atom is -0.358 e. The average Bonchev–Trinajstić information content (AvgIpc) is 3.42. The Labute approximate surface area is 300 Å². The monoisotopic (exact) mass is 657 g/mol. The van der Waals surface area contributed by atoms with Gasteiger partial charge < -0.3 is 4.90 Å². The molecule has 0 saturated heterocycles. The van der Waals surface area contributed by atoms with Crippen molar-refractivity contribution in [2.24, 2.45) is 11.8 Å². The van der Waals surface area contributed by atoms with Crippen molar-refractivity contribution in [3.8, 4) is 0 Å². The molecule has 0 saturated carbocycles. The van der Waals surface area contributed by atoms with Crippen molar-refractivity contribution in [3.63, 3.8) is 0 Å². The van der Waals surface area contributed by atoms with Crippen LogP contribution in [-0.2, 0) is 12.0 Å². The van der Waals surface area contributed by atoms with Crippen LogP contribution in [0.4, 0.5) is 5.69 Å². The normalized spacial score (nSPS) is 21.8. The largest absolute Gasteiger partial charge is 0.358 e. The molecule has 1 aliphatic heterocycles. The van der Waals surface area contributed by atoms with Crippen LogP contribution in [0.25, 0.3) is 16.7 Å². The van der Waals surface area contributed by atoms with Crippen LogP contribution in [0.5, 0.6) is 0 Å². The van der Waals surface area contributed by atoms with Gasteiger partial charge in [0.1, 0.15) is 0 Å². The van der Waals surface area contributed by atoms with Gasteiger partial charge in [-0.05, 0) is 96.1 Å². The van der Waals surface area contributed by atoms with E-state index in [4.69, 9.17) is 9.97 Å². The van der Waals surface area contributed by atoms with Gasteiger partial charge in [-0.1, -0.05) is 149 Å². The molecule has 3 nitrogen and oxygen atoms in total. The molecule has 254 valence electrons. The first-order chi connectivity index (χ1) is 24.2. The van der Waals surface area contributed by atoms with E-state index in [0.29, 0.717) is 24.3 Å². The molecule has 4 atom stereocenters. The molecule has 0 N–H and O–H groups in total. The molecular weight excluding hydrogens is 607 g/mol. The average molecular weight is 658 g/mol. The Morgan fingerprint density at radius 1 is 0.860 bits per heavy atom. The second-order valence-corrected chi connectivity index (χ2v) is 14.3. The molecule has 0 radical (unpaired) electrons. The SMILES string of the molecule is C=C(/C=C\C(=C/C)c1cc(CN2c3ccccc3C3C(/C=C\C)C(C)C(C)(C)c4ccccc4C32)nc(/C(C)=C/C=C\C)n1)c1ccccc1. The van der Waals surface area contributed by atoms with E-state index in [9.17, 15) is 0 Å². The summed E-state index contributed by atoms with van der Waals surface area (Å²) in [5, 5.41) is 0. The third-order valence-electron chi connectivity index (χ3n) is 11.0. The van der Waals surface area contributed by atoms with Crippen molar-refractivity contribution in [2.75, 3.05) is 4.90 Å². The predicted molar refractivity (Wildman–Crippen MR) is 214 cm³/mol. The van der Waals surface area contributed by atoms with Gasteiger partial charge in [-0.3, -0.25) is 0 Å². The lowest BCUT2D eigenvalue weighted by molar-refractivity contribution is 0.246. The number of benzene rings is 3. The Bertz CT molecular complexity index is 2010. The van der Waals surface area contributed by atoms with Crippen molar-refractivity contribution in [1.82, 2.24) is 9.97 Å². The highest BCUT2D eigenvalue weighted by atomic mass is 15.2. The number of fused-ring (bicyclic) bond motifs is 5. The van der Waals surface area contributed by atoms with Crippen molar-refractivity contribution < 1.29 is 0 Å². The molecule has 0 bridgehead atoms. The Morgan fingerprint density at radius 3 is 2.28 bits per heavy atom. The van der Waals surface area contributed by atoms with Crippen LogP contribution >= 0.6 is 0 Å². The van der Waals surface area contributed by atoms with Gasteiger partial charge in [0.2, 0.25) is 0 Å². The van der Waals surface area contributed by atoms with Gasteiger partial charge in [0, 0.05) is 11.6 Å². The van der Waals surface area contributed by atoms with Gasteiger partial charge >= 0.3 is 0 Å². The van der Waals surface area contributed by atoms with Crippen LogP contribution in [0.1, 0.15) is 99.9 Å².